The molecule has 0 bridgehead atoms. The number of anilines is 9. The van der Waals surface area contributed by atoms with Crippen LogP contribution in [-0.2, 0) is 4.57 Å². The van der Waals surface area contributed by atoms with Crippen molar-refractivity contribution in [3.63, 3.8) is 0 Å². The molecule has 0 N–H and O–H groups in total. The van der Waals surface area contributed by atoms with Crippen LogP contribution in [-0.4, -0.2) is 0 Å². The van der Waals surface area contributed by atoms with Crippen molar-refractivity contribution in [2.45, 2.75) is 41.5 Å². The molecule has 2 aliphatic heterocycles. The van der Waals surface area contributed by atoms with Crippen molar-refractivity contribution in [1.29, 1.82) is 0 Å². The maximum Gasteiger partial charge on any atom is 0.179 e. The number of nitrogens with zero attached hydrogens (tertiary/aromatic N) is 3. The molecule has 260 valence electrons. The molecular formula is C48H42N3OP. The lowest BCUT2D eigenvalue weighted by molar-refractivity contribution is 0.592. The van der Waals surface area contributed by atoms with Gasteiger partial charge in [-0.05, 0) is 126 Å². The molecule has 0 aromatic heterocycles. The zero-order valence-electron chi connectivity index (χ0n) is 31.1. The second kappa shape index (κ2) is 12.4. The lowest BCUT2D eigenvalue weighted by atomic mass is 10.1. The maximum atomic E-state index is 16.7. The fraction of sp³-hybridized carbons (Fsp3) is 0.125. The number of hydrogen-bond donors (Lipinski definition) is 0. The minimum absolute atomic E-state index is 0.867. The van der Waals surface area contributed by atoms with Crippen molar-refractivity contribution < 1.29 is 4.57 Å². The predicted molar refractivity (Wildman–Crippen MR) is 225 cm³/mol. The van der Waals surface area contributed by atoms with Crippen LogP contribution in [0, 0.1) is 41.5 Å². The Kier molecular flexibility index (Phi) is 7.73. The van der Waals surface area contributed by atoms with E-state index in [4.69, 9.17) is 0 Å². The van der Waals surface area contributed by atoms with Gasteiger partial charge in [-0.1, -0.05) is 94.0 Å². The van der Waals surface area contributed by atoms with Gasteiger partial charge in [0.1, 0.15) is 0 Å². The number of fused-ring (bicyclic) bond motifs is 4. The molecule has 0 aliphatic carbocycles. The summed E-state index contributed by atoms with van der Waals surface area (Å²) in [5.41, 5.74) is 15.9. The number of hydrogen-bond acceptors (Lipinski definition) is 4. The highest BCUT2D eigenvalue weighted by Crippen LogP contribution is 2.62. The lowest BCUT2D eigenvalue weighted by Crippen LogP contribution is -2.43. The molecule has 53 heavy (non-hydrogen) atoms. The summed E-state index contributed by atoms with van der Waals surface area (Å²) in [7, 11) is -3.41. The van der Waals surface area contributed by atoms with Crippen molar-refractivity contribution in [2.24, 2.45) is 0 Å². The maximum absolute atomic E-state index is 16.7. The van der Waals surface area contributed by atoms with Gasteiger partial charge < -0.3 is 19.3 Å². The Morgan fingerprint density at radius 3 is 1.09 bits per heavy atom. The summed E-state index contributed by atoms with van der Waals surface area (Å²) in [5.74, 6) is 0. The molecule has 0 spiro atoms. The summed E-state index contributed by atoms with van der Waals surface area (Å²) in [6.45, 7) is 12.7. The summed E-state index contributed by atoms with van der Waals surface area (Å²) in [5, 5.41) is 2.62. The van der Waals surface area contributed by atoms with Crippen LogP contribution in [0.5, 0.6) is 0 Å². The average Bonchev–Trinajstić information content (AvgIpc) is 3.15. The van der Waals surface area contributed by atoms with Gasteiger partial charge in [0.05, 0.1) is 33.7 Å². The van der Waals surface area contributed by atoms with E-state index in [1.54, 1.807) is 0 Å². The molecule has 0 radical (unpaired) electrons. The fourth-order valence-corrected chi connectivity index (χ4v) is 11.4. The average molecular weight is 708 g/mol. The topological polar surface area (TPSA) is 26.8 Å². The van der Waals surface area contributed by atoms with Crippen molar-refractivity contribution in [1.82, 2.24) is 0 Å². The Labute approximate surface area is 313 Å². The Morgan fingerprint density at radius 2 is 0.717 bits per heavy atom. The number of benzene rings is 7. The van der Waals surface area contributed by atoms with Crippen LogP contribution in [0.25, 0.3) is 0 Å². The van der Waals surface area contributed by atoms with Crippen LogP contribution in [0.15, 0.2) is 146 Å². The summed E-state index contributed by atoms with van der Waals surface area (Å²) in [4.78, 5) is 7.00. The molecule has 0 amide bonds. The highest BCUT2D eigenvalue weighted by Gasteiger charge is 2.49. The SMILES string of the molecule is Cc1ccc(N(c2ccc(C)cc2)c2cc3c4c(c2)N(c2ccc(C)cc2)c2ccc(C)cc2P4(=O)c2cc(C)ccc2N3c2ccc(C)cc2)cc1. The van der Waals surface area contributed by atoms with Gasteiger partial charge in [0, 0.05) is 33.4 Å². The molecular weight excluding hydrogens is 666 g/mol. The van der Waals surface area contributed by atoms with Gasteiger partial charge in [0.15, 0.2) is 7.14 Å². The third-order valence-electron chi connectivity index (χ3n) is 10.7. The van der Waals surface area contributed by atoms with Crippen molar-refractivity contribution in [2.75, 3.05) is 14.7 Å². The van der Waals surface area contributed by atoms with E-state index < -0.39 is 7.14 Å². The molecule has 7 aromatic rings. The molecule has 0 saturated carbocycles. The highest BCUT2D eigenvalue weighted by molar-refractivity contribution is 7.86. The minimum atomic E-state index is -3.41. The number of rotatable bonds is 5. The zero-order chi connectivity index (χ0) is 36.6. The van der Waals surface area contributed by atoms with Crippen LogP contribution in [0.4, 0.5) is 51.2 Å². The normalized spacial score (nSPS) is 13.6. The summed E-state index contributed by atoms with van der Waals surface area (Å²) in [6.07, 6.45) is 0. The van der Waals surface area contributed by atoms with Crippen molar-refractivity contribution in [3.8, 4) is 0 Å². The van der Waals surface area contributed by atoms with Crippen LogP contribution in [0.3, 0.4) is 0 Å². The first-order valence-corrected chi connectivity index (χ1v) is 20.0. The molecule has 0 atom stereocenters. The van der Waals surface area contributed by atoms with Gasteiger partial charge in [-0.25, -0.2) is 0 Å². The van der Waals surface area contributed by atoms with Gasteiger partial charge in [0.25, 0.3) is 0 Å². The minimum Gasteiger partial charge on any atom is -0.310 e. The van der Waals surface area contributed by atoms with E-state index in [0.717, 1.165) is 78.2 Å². The molecule has 2 heterocycles. The van der Waals surface area contributed by atoms with E-state index in [9.17, 15) is 0 Å². The van der Waals surface area contributed by atoms with E-state index in [1.807, 2.05) is 0 Å². The van der Waals surface area contributed by atoms with Crippen molar-refractivity contribution >= 4 is 74.2 Å². The van der Waals surface area contributed by atoms with Crippen LogP contribution in [0.2, 0.25) is 0 Å². The lowest BCUT2D eigenvalue weighted by Gasteiger charge is -2.45. The Bertz CT molecular complexity index is 2420. The molecule has 4 nitrogen and oxygen atoms in total. The molecule has 7 aromatic carbocycles. The summed E-state index contributed by atoms with van der Waals surface area (Å²) < 4.78 is 16.7. The van der Waals surface area contributed by atoms with Gasteiger partial charge in [0.2, 0.25) is 0 Å². The van der Waals surface area contributed by atoms with Crippen LogP contribution in [0.1, 0.15) is 33.4 Å². The standard InChI is InChI=1S/C48H42N3OP/c1-31-7-17-37(18-8-31)49(38-19-9-32(2)10-20-38)41-29-44-48-45(30-41)51(40-23-13-34(4)14-24-40)43-26-16-36(6)28-47(43)53(48,52)46-27-35(5)15-25-42(46)50(44)39-21-11-33(3)12-22-39/h7-30H,1-6H3. The smallest absolute Gasteiger partial charge is 0.179 e. The third kappa shape index (κ3) is 5.32. The quantitative estimate of drug-likeness (QED) is 0.166. The first-order chi connectivity index (χ1) is 25.6. The molecule has 9 rings (SSSR count). The van der Waals surface area contributed by atoms with E-state index in [1.165, 1.54) is 22.3 Å². The predicted octanol–water partition coefficient (Wildman–Crippen LogP) is 12.2. The largest absolute Gasteiger partial charge is 0.310 e. The van der Waals surface area contributed by atoms with Crippen molar-refractivity contribution in [3.05, 3.63) is 179 Å². The van der Waals surface area contributed by atoms with Crippen LogP contribution < -0.4 is 30.6 Å². The molecule has 0 fully saturated rings. The van der Waals surface area contributed by atoms with E-state index in [-0.39, 0.29) is 0 Å². The van der Waals surface area contributed by atoms with Gasteiger partial charge in [-0.15, -0.1) is 0 Å². The molecule has 5 heteroatoms. The van der Waals surface area contributed by atoms with E-state index in [2.05, 4.69) is 202 Å². The fourth-order valence-electron chi connectivity index (χ4n) is 7.94. The van der Waals surface area contributed by atoms with E-state index in [0.29, 0.717) is 0 Å². The van der Waals surface area contributed by atoms with Crippen LogP contribution >= 0.6 is 7.14 Å². The number of aryl methyl sites for hydroxylation is 6. The van der Waals surface area contributed by atoms with E-state index >= 15 is 4.57 Å². The van der Waals surface area contributed by atoms with Gasteiger partial charge in [-0.3, -0.25) is 0 Å². The third-order valence-corrected chi connectivity index (χ3v) is 13.9. The van der Waals surface area contributed by atoms with Gasteiger partial charge >= 0.3 is 0 Å². The summed E-state index contributed by atoms with van der Waals surface area (Å²) in [6, 6.07) is 52.3. The highest BCUT2D eigenvalue weighted by atomic mass is 31.2. The first kappa shape index (κ1) is 33.0. The molecule has 0 unspecified atom stereocenters. The zero-order valence-corrected chi connectivity index (χ0v) is 31.9. The second-order valence-corrected chi connectivity index (χ2v) is 17.4. The molecule has 2 aliphatic rings. The van der Waals surface area contributed by atoms with Gasteiger partial charge in [-0.2, -0.15) is 0 Å². The second-order valence-electron chi connectivity index (χ2n) is 14.8. The Hall–Kier alpha value is -5.83. The molecule has 0 saturated heterocycles. The Balaban J connectivity index is 1.44. The Morgan fingerprint density at radius 1 is 0.377 bits per heavy atom. The first-order valence-electron chi connectivity index (χ1n) is 18.3. The summed E-state index contributed by atoms with van der Waals surface area (Å²) >= 11 is 0. The monoisotopic (exact) mass is 707 g/mol.